The SMILES string of the molecule is CN(C)C(C(=O)N1CCCC(NS(C)(=O)=O)C1)c1cccc(Cl)c1. The summed E-state index contributed by atoms with van der Waals surface area (Å²) in [5, 5.41) is 0.586. The number of nitrogens with one attached hydrogen (secondary N) is 1. The van der Waals surface area contributed by atoms with Crippen LogP contribution < -0.4 is 4.72 Å². The number of likely N-dealkylation sites (tertiary alicyclic amines) is 1. The van der Waals surface area contributed by atoms with Crippen LogP contribution in [-0.2, 0) is 14.8 Å². The number of halogens is 1. The summed E-state index contributed by atoms with van der Waals surface area (Å²) in [6, 6.07) is 6.59. The first-order valence-corrected chi connectivity index (χ1v) is 10.1. The second kappa shape index (κ2) is 7.82. The normalized spacial score (nSPS) is 20.2. The van der Waals surface area contributed by atoms with E-state index in [4.69, 9.17) is 11.6 Å². The number of hydrogen-bond donors (Lipinski definition) is 1. The van der Waals surface area contributed by atoms with Gasteiger partial charge in [0, 0.05) is 24.2 Å². The zero-order chi connectivity index (χ0) is 17.9. The molecule has 0 radical (unpaired) electrons. The standard InChI is InChI=1S/C16H24ClN3O3S/c1-19(2)15(12-6-4-7-13(17)10-12)16(21)20-9-5-8-14(11-20)18-24(3,22)23/h4,6-7,10,14-15,18H,5,8-9,11H2,1-3H3. The van der Waals surface area contributed by atoms with Gasteiger partial charge in [-0.1, -0.05) is 23.7 Å². The Bertz CT molecular complexity index is 694. The highest BCUT2D eigenvalue weighted by Crippen LogP contribution is 2.25. The number of likely N-dealkylation sites (N-methyl/N-ethyl adjacent to an activating group) is 1. The van der Waals surface area contributed by atoms with Gasteiger partial charge in [0.2, 0.25) is 15.9 Å². The number of carbonyl (C=O) groups is 1. The van der Waals surface area contributed by atoms with Crippen molar-refractivity contribution >= 4 is 27.5 Å². The maximum Gasteiger partial charge on any atom is 0.244 e. The van der Waals surface area contributed by atoms with E-state index >= 15 is 0 Å². The topological polar surface area (TPSA) is 69.7 Å². The fraction of sp³-hybridized carbons (Fsp3) is 0.562. The van der Waals surface area contributed by atoms with E-state index in [0.29, 0.717) is 18.1 Å². The van der Waals surface area contributed by atoms with Crippen molar-refractivity contribution < 1.29 is 13.2 Å². The van der Waals surface area contributed by atoms with Gasteiger partial charge in [-0.25, -0.2) is 13.1 Å². The molecule has 0 saturated carbocycles. The number of piperidine rings is 1. The number of nitrogens with zero attached hydrogens (tertiary/aromatic N) is 2. The molecule has 2 unspecified atom stereocenters. The van der Waals surface area contributed by atoms with E-state index in [2.05, 4.69) is 4.72 Å². The first kappa shape index (κ1) is 19.2. The molecule has 1 heterocycles. The molecule has 1 saturated heterocycles. The van der Waals surface area contributed by atoms with Gasteiger partial charge in [-0.2, -0.15) is 0 Å². The van der Waals surface area contributed by atoms with Gasteiger partial charge in [-0.15, -0.1) is 0 Å². The van der Waals surface area contributed by atoms with Crippen LogP contribution in [0.2, 0.25) is 5.02 Å². The second-order valence-electron chi connectivity index (χ2n) is 6.43. The summed E-state index contributed by atoms with van der Waals surface area (Å²) >= 11 is 6.06. The van der Waals surface area contributed by atoms with Crippen LogP contribution >= 0.6 is 11.6 Å². The van der Waals surface area contributed by atoms with Gasteiger partial charge < -0.3 is 4.90 Å². The van der Waals surface area contributed by atoms with Crippen molar-refractivity contribution in [3.63, 3.8) is 0 Å². The van der Waals surface area contributed by atoms with Crippen LogP contribution in [-0.4, -0.2) is 63.6 Å². The quantitative estimate of drug-likeness (QED) is 0.848. The third kappa shape index (κ3) is 5.17. The minimum Gasteiger partial charge on any atom is -0.339 e. The van der Waals surface area contributed by atoms with E-state index in [1.54, 1.807) is 17.0 Å². The number of benzene rings is 1. The lowest BCUT2D eigenvalue weighted by Crippen LogP contribution is -2.51. The van der Waals surface area contributed by atoms with Crippen molar-refractivity contribution in [1.82, 2.24) is 14.5 Å². The fourth-order valence-corrected chi connectivity index (χ4v) is 4.08. The summed E-state index contributed by atoms with van der Waals surface area (Å²) in [6.07, 6.45) is 2.65. The fourth-order valence-electron chi connectivity index (χ4n) is 3.09. The Morgan fingerprint density at radius 2 is 2.12 bits per heavy atom. The van der Waals surface area contributed by atoms with Crippen molar-refractivity contribution in [2.75, 3.05) is 33.4 Å². The average molecular weight is 374 g/mol. The van der Waals surface area contributed by atoms with E-state index in [0.717, 1.165) is 24.7 Å². The summed E-state index contributed by atoms with van der Waals surface area (Å²) in [7, 11) is 0.411. The van der Waals surface area contributed by atoms with Gasteiger partial charge in [-0.05, 0) is 44.6 Å². The van der Waals surface area contributed by atoms with E-state index in [1.165, 1.54) is 0 Å². The zero-order valence-electron chi connectivity index (χ0n) is 14.2. The Morgan fingerprint density at radius 1 is 1.42 bits per heavy atom. The molecule has 24 heavy (non-hydrogen) atoms. The van der Waals surface area contributed by atoms with E-state index in [9.17, 15) is 13.2 Å². The highest BCUT2D eigenvalue weighted by molar-refractivity contribution is 7.88. The molecular weight excluding hydrogens is 350 g/mol. The summed E-state index contributed by atoms with van der Waals surface area (Å²) in [6.45, 7) is 1.02. The first-order chi connectivity index (χ1) is 11.2. The lowest BCUT2D eigenvalue weighted by molar-refractivity contribution is -0.137. The maximum absolute atomic E-state index is 13.0. The van der Waals surface area contributed by atoms with Crippen LogP contribution in [0.1, 0.15) is 24.4 Å². The van der Waals surface area contributed by atoms with Gasteiger partial charge in [0.05, 0.1) is 6.26 Å². The minimum atomic E-state index is -3.28. The van der Waals surface area contributed by atoms with Gasteiger partial charge >= 0.3 is 0 Å². The van der Waals surface area contributed by atoms with Crippen LogP contribution in [0.5, 0.6) is 0 Å². The maximum atomic E-state index is 13.0. The van der Waals surface area contributed by atoms with Gasteiger partial charge in [0.25, 0.3) is 0 Å². The Labute approximate surface area is 148 Å². The molecule has 1 amide bonds. The Hall–Kier alpha value is -1.15. The molecular formula is C16H24ClN3O3S. The van der Waals surface area contributed by atoms with Crippen molar-refractivity contribution in [2.45, 2.75) is 24.9 Å². The van der Waals surface area contributed by atoms with E-state index < -0.39 is 16.1 Å². The number of hydrogen-bond acceptors (Lipinski definition) is 4. The van der Waals surface area contributed by atoms with E-state index in [1.807, 2.05) is 31.1 Å². The first-order valence-electron chi connectivity index (χ1n) is 7.85. The molecule has 0 aliphatic carbocycles. The molecule has 2 rings (SSSR count). The smallest absolute Gasteiger partial charge is 0.244 e. The Kier molecular flexibility index (Phi) is 6.25. The number of amides is 1. The van der Waals surface area contributed by atoms with E-state index in [-0.39, 0.29) is 11.9 Å². The third-order valence-corrected chi connectivity index (χ3v) is 5.03. The second-order valence-corrected chi connectivity index (χ2v) is 8.65. The largest absolute Gasteiger partial charge is 0.339 e. The lowest BCUT2D eigenvalue weighted by Gasteiger charge is -2.36. The molecule has 0 spiro atoms. The van der Waals surface area contributed by atoms with Crippen LogP contribution in [0.25, 0.3) is 0 Å². The number of rotatable bonds is 5. The molecule has 6 nitrogen and oxygen atoms in total. The van der Waals surface area contributed by atoms with Crippen LogP contribution in [0.15, 0.2) is 24.3 Å². The average Bonchev–Trinajstić information content (AvgIpc) is 2.45. The summed E-state index contributed by atoms with van der Waals surface area (Å²) in [4.78, 5) is 16.6. The zero-order valence-corrected chi connectivity index (χ0v) is 15.8. The predicted octanol–water partition coefficient (Wildman–Crippen LogP) is 1.48. The summed E-state index contributed by atoms with van der Waals surface area (Å²) in [5.41, 5.74) is 0.829. The molecule has 134 valence electrons. The molecule has 1 fully saturated rings. The highest BCUT2D eigenvalue weighted by Gasteiger charge is 2.32. The summed E-state index contributed by atoms with van der Waals surface area (Å²) in [5.74, 6) is -0.0396. The number of sulfonamides is 1. The van der Waals surface area contributed by atoms with Crippen molar-refractivity contribution in [2.24, 2.45) is 0 Å². The molecule has 0 aromatic heterocycles. The van der Waals surface area contributed by atoms with Gasteiger partial charge in [0.15, 0.2) is 0 Å². The highest BCUT2D eigenvalue weighted by atomic mass is 35.5. The van der Waals surface area contributed by atoms with Gasteiger partial charge in [0.1, 0.15) is 6.04 Å². The summed E-state index contributed by atoms with van der Waals surface area (Å²) < 4.78 is 25.5. The lowest BCUT2D eigenvalue weighted by atomic mass is 10.0. The van der Waals surface area contributed by atoms with Crippen molar-refractivity contribution in [3.8, 4) is 0 Å². The van der Waals surface area contributed by atoms with Crippen LogP contribution in [0.3, 0.4) is 0 Å². The number of carbonyl (C=O) groups excluding carboxylic acids is 1. The van der Waals surface area contributed by atoms with Crippen LogP contribution in [0.4, 0.5) is 0 Å². The molecule has 8 heteroatoms. The van der Waals surface area contributed by atoms with Crippen LogP contribution in [0, 0.1) is 0 Å². The molecule has 1 aliphatic rings. The molecule has 1 aliphatic heterocycles. The molecule has 1 aromatic rings. The van der Waals surface area contributed by atoms with Crippen molar-refractivity contribution in [3.05, 3.63) is 34.9 Å². The Balaban J connectivity index is 2.17. The van der Waals surface area contributed by atoms with Crippen molar-refractivity contribution in [1.29, 1.82) is 0 Å². The molecule has 0 bridgehead atoms. The molecule has 2 atom stereocenters. The minimum absolute atomic E-state index is 0.0396. The third-order valence-electron chi connectivity index (χ3n) is 4.03. The molecule has 1 aromatic carbocycles. The molecule has 1 N–H and O–H groups in total. The van der Waals surface area contributed by atoms with Gasteiger partial charge in [-0.3, -0.25) is 9.69 Å². The predicted molar refractivity (Wildman–Crippen MR) is 95.5 cm³/mol. The Morgan fingerprint density at radius 3 is 2.71 bits per heavy atom. The monoisotopic (exact) mass is 373 g/mol.